The van der Waals surface area contributed by atoms with Crippen molar-refractivity contribution in [3.63, 3.8) is 0 Å². The standard InChI is InChI=1S/C14H23NO/c1-5-11(3)13(15)9-16-14-7-6-10(2)8-12(14)4/h6-8,11,13H,5,9,15H2,1-4H3. The van der Waals surface area contributed by atoms with Crippen LogP contribution in [0, 0.1) is 19.8 Å². The van der Waals surface area contributed by atoms with Crippen molar-refractivity contribution in [1.82, 2.24) is 0 Å². The van der Waals surface area contributed by atoms with E-state index in [2.05, 4.69) is 39.8 Å². The molecule has 1 aromatic carbocycles. The molecule has 0 heterocycles. The molecule has 16 heavy (non-hydrogen) atoms. The Bertz CT molecular complexity index is 336. The maximum atomic E-state index is 6.03. The van der Waals surface area contributed by atoms with E-state index in [1.54, 1.807) is 0 Å². The number of hydrogen-bond acceptors (Lipinski definition) is 2. The molecule has 90 valence electrons. The van der Waals surface area contributed by atoms with Crippen LogP contribution >= 0.6 is 0 Å². The fraction of sp³-hybridized carbons (Fsp3) is 0.571. The molecule has 0 saturated heterocycles. The summed E-state index contributed by atoms with van der Waals surface area (Å²) in [7, 11) is 0. The van der Waals surface area contributed by atoms with E-state index in [9.17, 15) is 0 Å². The summed E-state index contributed by atoms with van der Waals surface area (Å²) >= 11 is 0. The Kier molecular flexibility index (Phi) is 4.81. The lowest BCUT2D eigenvalue weighted by atomic mass is 10.0. The van der Waals surface area contributed by atoms with Crippen LogP contribution in [-0.4, -0.2) is 12.6 Å². The molecule has 1 rings (SSSR count). The zero-order valence-corrected chi connectivity index (χ0v) is 10.8. The van der Waals surface area contributed by atoms with Gasteiger partial charge in [0.15, 0.2) is 0 Å². The second kappa shape index (κ2) is 5.90. The van der Waals surface area contributed by atoms with E-state index in [4.69, 9.17) is 10.5 Å². The van der Waals surface area contributed by atoms with Gasteiger partial charge in [0.05, 0.1) is 0 Å². The van der Waals surface area contributed by atoms with Crippen LogP contribution in [0.3, 0.4) is 0 Å². The van der Waals surface area contributed by atoms with Gasteiger partial charge >= 0.3 is 0 Å². The van der Waals surface area contributed by atoms with Crippen molar-refractivity contribution in [2.75, 3.05) is 6.61 Å². The molecule has 0 fully saturated rings. The minimum Gasteiger partial charge on any atom is -0.492 e. The van der Waals surface area contributed by atoms with Crippen LogP contribution in [0.2, 0.25) is 0 Å². The Hall–Kier alpha value is -1.02. The minimum absolute atomic E-state index is 0.116. The van der Waals surface area contributed by atoms with Crippen molar-refractivity contribution >= 4 is 0 Å². The molecule has 0 aliphatic rings. The van der Waals surface area contributed by atoms with Gasteiger partial charge in [-0.05, 0) is 31.4 Å². The van der Waals surface area contributed by atoms with E-state index < -0.39 is 0 Å². The summed E-state index contributed by atoms with van der Waals surface area (Å²) in [5.41, 5.74) is 8.47. The van der Waals surface area contributed by atoms with Crippen LogP contribution in [0.5, 0.6) is 5.75 Å². The van der Waals surface area contributed by atoms with Crippen molar-refractivity contribution < 1.29 is 4.74 Å². The third-order valence-corrected chi connectivity index (χ3v) is 3.14. The summed E-state index contributed by atoms with van der Waals surface area (Å²) in [4.78, 5) is 0. The van der Waals surface area contributed by atoms with Gasteiger partial charge in [-0.15, -0.1) is 0 Å². The third kappa shape index (κ3) is 3.53. The molecular formula is C14H23NO. The Morgan fingerprint density at radius 2 is 2.00 bits per heavy atom. The molecule has 0 aliphatic carbocycles. The number of nitrogens with two attached hydrogens (primary N) is 1. The Balaban J connectivity index is 2.54. The number of hydrogen-bond donors (Lipinski definition) is 1. The third-order valence-electron chi connectivity index (χ3n) is 3.14. The number of ether oxygens (including phenoxy) is 1. The van der Waals surface area contributed by atoms with Gasteiger partial charge < -0.3 is 10.5 Å². The lowest BCUT2D eigenvalue weighted by molar-refractivity contribution is 0.249. The van der Waals surface area contributed by atoms with Crippen molar-refractivity contribution in [3.8, 4) is 5.75 Å². The summed E-state index contributed by atoms with van der Waals surface area (Å²) in [5.74, 6) is 1.45. The van der Waals surface area contributed by atoms with Crippen molar-refractivity contribution in [2.24, 2.45) is 11.7 Å². The van der Waals surface area contributed by atoms with Gasteiger partial charge in [0, 0.05) is 6.04 Å². The summed E-state index contributed by atoms with van der Waals surface area (Å²) in [6.07, 6.45) is 1.09. The van der Waals surface area contributed by atoms with Crippen LogP contribution < -0.4 is 10.5 Å². The molecule has 2 heteroatoms. The van der Waals surface area contributed by atoms with Crippen LogP contribution in [0.25, 0.3) is 0 Å². The molecule has 2 N–H and O–H groups in total. The molecule has 0 amide bonds. The van der Waals surface area contributed by atoms with Gasteiger partial charge in [-0.2, -0.15) is 0 Å². The normalized spacial score (nSPS) is 14.6. The highest BCUT2D eigenvalue weighted by atomic mass is 16.5. The average molecular weight is 221 g/mol. The Morgan fingerprint density at radius 1 is 1.31 bits per heavy atom. The van der Waals surface area contributed by atoms with Gasteiger partial charge in [0.25, 0.3) is 0 Å². The monoisotopic (exact) mass is 221 g/mol. The maximum absolute atomic E-state index is 6.03. The van der Waals surface area contributed by atoms with Gasteiger partial charge in [-0.25, -0.2) is 0 Å². The lowest BCUT2D eigenvalue weighted by Gasteiger charge is -2.19. The van der Waals surface area contributed by atoms with E-state index in [0.717, 1.165) is 12.2 Å². The SMILES string of the molecule is CCC(C)C(N)COc1ccc(C)cc1C. The smallest absolute Gasteiger partial charge is 0.122 e. The minimum atomic E-state index is 0.116. The molecule has 0 aromatic heterocycles. The molecule has 1 aromatic rings. The summed E-state index contributed by atoms with van der Waals surface area (Å²) < 4.78 is 5.75. The first-order valence-electron chi connectivity index (χ1n) is 6.00. The molecule has 0 bridgehead atoms. The molecule has 0 radical (unpaired) electrons. The second-order valence-electron chi connectivity index (χ2n) is 4.63. The quantitative estimate of drug-likeness (QED) is 0.829. The number of rotatable bonds is 5. The largest absolute Gasteiger partial charge is 0.492 e. The van der Waals surface area contributed by atoms with Crippen LogP contribution in [0.15, 0.2) is 18.2 Å². The molecule has 0 spiro atoms. The highest BCUT2D eigenvalue weighted by Crippen LogP contribution is 2.19. The van der Waals surface area contributed by atoms with E-state index in [-0.39, 0.29) is 6.04 Å². The lowest BCUT2D eigenvalue weighted by Crippen LogP contribution is -2.34. The van der Waals surface area contributed by atoms with Gasteiger partial charge in [0.1, 0.15) is 12.4 Å². The zero-order valence-electron chi connectivity index (χ0n) is 10.8. The van der Waals surface area contributed by atoms with E-state index in [0.29, 0.717) is 12.5 Å². The fourth-order valence-electron chi connectivity index (χ4n) is 1.61. The first kappa shape index (κ1) is 13.0. The highest BCUT2D eigenvalue weighted by molar-refractivity contribution is 5.35. The second-order valence-corrected chi connectivity index (χ2v) is 4.63. The molecule has 0 aliphatic heterocycles. The number of aryl methyl sites for hydroxylation is 2. The predicted octanol–water partition coefficient (Wildman–Crippen LogP) is 3.06. The van der Waals surface area contributed by atoms with Crippen LogP contribution in [0.1, 0.15) is 31.4 Å². The summed E-state index contributed by atoms with van der Waals surface area (Å²) in [6, 6.07) is 6.33. The highest BCUT2D eigenvalue weighted by Gasteiger charge is 2.11. The number of benzene rings is 1. The fourth-order valence-corrected chi connectivity index (χ4v) is 1.61. The van der Waals surface area contributed by atoms with Crippen molar-refractivity contribution in [3.05, 3.63) is 29.3 Å². The maximum Gasteiger partial charge on any atom is 0.122 e. The average Bonchev–Trinajstić information content (AvgIpc) is 2.26. The summed E-state index contributed by atoms with van der Waals surface area (Å²) in [5, 5.41) is 0. The van der Waals surface area contributed by atoms with Crippen molar-refractivity contribution in [1.29, 1.82) is 0 Å². The predicted molar refractivity (Wildman–Crippen MR) is 68.8 cm³/mol. The topological polar surface area (TPSA) is 35.2 Å². The zero-order chi connectivity index (χ0) is 12.1. The molecular weight excluding hydrogens is 198 g/mol. The molecule has 2 atom stereocenters. The van der Waals surface area contributed by atoms with E-state index in [1.807, 2.05) is 6.07 Å². The van der Waals surface area contributed by atoms with Gasteiger partial charge in [-0.1, -0.05) is 38.0 Å². The first-order valence-corrected chi connectivity index (χ1v) is 6.00. The van der Waals surface area contributed by atoms with Crippen LogP contribution in [0.4, 0.5) is 0 Å². The van der Waals surface area contributed by atoms with Gasteiger partial charge in [-0.3, -0.25) is 0 Å². The molecule has 2 unspecified atom stereocenters. The Labute approximate surface area is 98.8 Å². The van der Waals surface area contributed by atoms with E-state index in [1.165, 1.54) is 11.1 Å². The molecule has 0 saturated carbocycles. The summed E-state index contributed by atoms with van der Waals surface area (Å²) in [6.45, 7) is 9.06. The van der Waals surface area contributed by atoms with E-state index >= 15 is 0 Å². The Morgan fingerprint density at radius 3 is 2.56 bits per heavy atom. The first-order chi connectivity index (χ1) is 7.54. The van der Waals surface area contributed by atoms with Crippen molar-refractivity contribution in [2.45, 2.75) is 40.2 Å². The molecule has 2 nitrogen and oxygen atoms in total. The van der Waals surface area contributed by atoms with Crippen LogP contribution in [-0.2, 0) is 0 Å². The van der Waals surface area contributed by atoms with Gasteiger partial charge in [0.2, 0.25) is 0 Å².